The molecule has 0 spiro atoms. The van der Waals surface area contributed by atoms with Crippen LogP contribution in [0.25, 0.3) is 0 Å². The van der Waals surface area contributed by atoms with Gasteiger partial charge in [-0.1, -0.05) is 38.5 Å². The zero-order valence-electron chi connectivity index (χ0n) is 17.3. The number of aliphatic hydroxyl groups is 1. The molecule has 150 valence electrons. The van der Waals surface area contributed by atoms with Gasteiger partial charge in [0.15, 0.2) is 0 Å². The molecule has 1 heterocycles. The van der Waals surface area contributed by atoms with E-state index in [0.29, 0.717) is 16.7 Å². The normalized spacial score (nSPS) is 52.3. The number of nitrogens with one attached hydrogen (secondary N) is 1. The maximum atomic E-state index is 10.2. The van der Waals surface area contributed by atoms with Crippen molar-refractivity contribution in [1.29, 1.82) is 0 Å². The maximum Gasteiger partial charge on any atom is 0.0915 e. The first-order valence-electron chi connectivity index (χ1n) is 11.4. The van der Waals surface area contributed by atoms with Gasteiger partial charge in [-0.3, -0.25) is 0 Å². The van der Waals surface area contributed by atoms with Crippen molar-refractivity contribution in [3.8, 4) is 0 Å². The fraction of sp³-hybridized carbons (Fsp3) is 0.833. The topological polar surface area (TPSA) is 41.5 Å². The first kappa shape index (κ1) is 18.4. The number of morpholine rings is 1. The van der Waals surface area contributed by atoms with E-state index in [2.05, 4.69) is 38.2 Å². The predicted octanol–water partition coefficient (Wildman–Crippen LogP) is 4.08. The molecule has 2 saturated carbocycles. The molecule has 3 heteroatoms. The molecule has 27 heavy (non-hydrogen) atoms. The van der Waals surface area contributed by atoms with Crippen molar-refractivity contribution in [2.75, 3.05) is 19.7 Å². The first-order valence-corrected chi connectivity index (χ1v) is 11.4. The van der Waals surface area contributed by atoms with E-state index < -0.39 is 0 Å². The second-order valence-corrected chi connectivity index (χ2v) is 10.6. The molecule has 0 bridgehead atoms. The molecular formula is C24H37NO2. The van der Waals surface area contributed by atoms with Crippen molar-refractivity contribution in [2.24, 2.45) is 34.5 Å². The van der Waals surface area contributed by atoms with E-state index >= 15 is 0 Å². The summed E-state index contributed by atoms with van der Waals surface area (Å²) in [6, 6.07) is 0. The second kappa shape index (κ2) is 6.43. The molecule has 3 fully saturated rings. The molecule has 5 aliphatic rings. The minimum absolute atomic E-state index is 0.113. The van der Waals surface area contributed by atoms with Crippen LogP contribution in [0.2, 0.25) is 0 Å². The monoisotopic (exact) mass is 371 g/mol. The molecule has 3 nitrogen and oxygen atoms in total. The average molecular weight is 372 g/mol. The first-order chi connectivity index (χ1) is 12.9. The summed E-state index contributed by atoms with van der Waals surface area (Å²) >= 11 is 0. The van der Waals surface area contributed by atoms with Crippen LogP contribution in [0.1, 0.15) is 59.3 Å². The Morgan fingerprint density at radius 3 is 2.74 bits per heavy atom. The highest BCUT2D eigenvalue weighted by Crippen LogP contribution is 2.66. The number of ether oxygens (including phenoxy) is 1. The highest BCUT2D eigenvalue weighted by atomic mass is 16.5. The van der Waals surface area contributed by atoms with Crippen molar-refractivity contribution in [3.05, 3.63) is 23.3 Å². The summed E-state index contributed by atoms with van der Waals surface area (Å²) in [4.78, 5) is 0. The second-order valence-electron chi connectivity index (χ2n) is 10.6. The average Bonchev–Trinajstić information content (AvgIpc) is 3.01. The Balaban J connectivity index is 1.46. The van der Waals surface area contributed by atoms with Crippen LogP contribution >= 0.6 is 0 Å². The largest absolute Gasteiger partial charge is 0.393 e. The lowest BCUT2D eigenvalue weighted by atomic mass is 9.45. The summed E-state index contributed by atoms with van der Waals surface area (Å²) in [6.45, 7) is 10.3. The summed E-state index contributed by atoms with van der Waals surface area (Å²) in [7, 11) is 0. The van der Waals surface area contributed by atoms with E-state index in [9.17, 15) is 5.11 Å². The van der Waals surface area contributed by atoms with Crippen LogP contribution in [0.5, 0.6) is 0 Å². The van der Waals surface area contributed by atoms with Crippen molar-refractivity contribution in [3.63, 3.8) is 0 Å². The Hall–Kier alpha value is -0.640. The molecule has 0 aromatic heterocycles. The molecule has 0 aromatic carbocycles. The number of hydrogen-bond donors (Lipinski definition) is 2. The van der Waals surface area contributed by atoms with Gasteiger partial charge < -0.3 is 15.2 Å². The number of fused-ring (bicyclic) bond motifs is 5. The molecule has 8 atom stereocenters. The van der Waals surface area contributed by atoms with Crippen LogP contribution in [-0.4, -0.2) is 37.0 Å². The SMILES string of the molecule is C[C@H]1C=C2C[C@@H](O)CC[C@]2(C)[C@H]2CC[C@]3(C)C(C4CNCCO4)=CC[C@H]3[C@H]12. The minimum Gasteiger partial charge on any atom is -0.393 e. The predicted molar refractivity (Wildman–Crippen MR) is 108 cm³/mol. The number of allylic oxidation sites excluding steroid dienone is 2. The van der Waals surface area contributed by atoms with Gasteiger partial charge in [0.05, 0.1) is 18.8 Å². The van der Waals surface area contributed by atoms with Gasteiger partial charge in [0.25, 0.3) is 0 Å². The molecule has 0 aromatic rings. The smallest absolute Gasteiger partial charge is 0.0915 e. The lowest BCUT2D eigenvalue weighted by Gasteiger charge is -2.59. The van der Waals surface area contributed by atoms with Gasteiger partial charge in [0.2, 0.25) is 0 Å². The molecule has 4 aliphatic carbocycles. The minimum atomic E-state index is -0.113. The van der Waals surface area contributed by atoms with Crippen LogP contribution in [0.4, 0.5) is 0 Å². The van der Waals surface area contributed by atoms with Crippen molar-refractivity contribution < 1.29 is 9.84 Å². The Morgan fingerprint density at radius 2 is 1.96 bits per heavy atom. The van der Waals surface area contributed by atoms with E-state index in [1.807, 2.05) is 0 Å². The Bertz CT molecular complexity index is 663. The molecule has 1 saturated heterocycles. The molecular weight excluding hydrogens is 334 g/mol. The Morgan fingerprint density at radius 1 is 1.15 bits per heavy atom. The molecule has 5 rings (SSSR count). The summed E-state index contributed by atoms with van der Waals surface area (Å²) in [5.74, 6) is 2.95. The van der Waals surface area contributed by atoms with Gasteiger partial charge in [-0.2, -0.15) is 0 Å². The van der Waals surface area contributed by atoms with Crippen molar-refractivity contribution in [1.82, 2.24) is 5.32 Å². The summed E-state index contributed by atoms with van der Waals surface area (Å²) in [6.07, 6.45) is 12.3. The van der Waals surface area contributed by atoms with Crippen LogP contribution in [0.3, 0.4) is 0 Å². The fourth-order valence-electron chi connectivity index (χ4n) is 7.87. The summed E-state index contributed by atoms with van der Waals surface area (Å²) in [5, 5.41) is 13.8. The quantitative estimate of drug-likeness (QED) is 0.683. The van der Waals surface area contributed by atoms with E-state index in [1.54, 1.807) is 11.1 Å². The number of rotatable bonds is 1. The maximum absolute atomic E-state index is 10.2. The van der Waals surface area contributed by atoms with Crippen LogP contribution in [-0.2, 0) is 4.74 Å². The third-order valence-corrected chi connectivity index (χ3v) is 9.32. The van der Waals surface area contributed by atoms with E-state index in [0.717, 1.165) is 50.3 Å². The third-order valence-electron chi connectivity index (χ3n) is 9.32. The van der Waals surface area contributed by atoms with E-state index in [-0.39, 0.29) is 12.2 Å². The third kappa shape index (κ3) is 2.64. The van der Waals surface area contributed by atoms with Gasteiger partial charge >= 0.3 is 0 Å². The number of hydrogen-bond acceptors (Lipinski definition) is 3. The standard InChI is InChI=1S/C24H37NO2/c1-15-12-16-13-17(26)6-8-23(16,2)20-7-9-24(3)18(4-5-19(24)22(15)20)21-14-25-10-11-27-21/h4,12,15,17,19-22,25-26H,5-11,13-14H2,1-3H3/t15-,17-,19-,20-,21?,22-,23-,24+/m0/s1. The van der Waals surface area contributed by atoms with E-state index in [4.69, 9.17) is 4.74 Å². The Kier molecular flexibility index (Phi) is 4.38. The Labute approximate surface area is 164 Å². The van der Waals surface area contributed by atoms with Gasteiger partial charge in [-0.05, 0) is 78.6 Å². The highest BCUT2D eigenvalue weighted by Gasteiger charge is 2.59. The highest BCUT2D eigenvalue weighted by molar-refractivity contribution is 5.33. The molecule has 2 N–H and O–H groups in total. The van der Waals surface area contributed by atoms with Gasteiger partial charge in [-0.15, -0.1) is 0 Å². The lowest BCUT2D eigenvalue weighted by molar-refractivity contribution is -0.0571. The number of aliphatic hydroxyl groups excluding tert-OH is 1. The van der Waals surface area contributed by atoms with Crippen LogP contribution < -0.4 is 5.32 Å². The van der Waals surface area contributed by atoms with Gasteiger partial charge in [0.1, 0.15) is 0 Å². The molecule has 1 unspecified atom stereocenters. The fourth-order valence-corrected chi connectivity index (χ4v) is 7.87. The van der Waals surface area contributed by atoms with Gasteiger partial charge in [-0.25, -0.2) is 0 Å². The zero-order valence-corrected chi connectivity index (χ0v) is 17.3. The molecule has 0 amide bonds. The van der Waals surface area contributed by atoms with Crippen LogP contribution in [0, 0.1) is 34.5 Å². The van der Waals surface area contributed by atoms with Crippen molar-refractivity contribution in [2.45, 2.75) is 71.5 Å². The molecule has 1 aliphatic heterocycles. The lowest BCUT2D eigenvalue weighted by Crippen LogP contribution is -2.53. The van der Waals surface area contributed by atoms with E-state index in [1.165, 1.54) is 25.7 Å². The summed E-state index contributed by atoms with van der Waals surface area (Å²) in [5.41, 5.74) is 3.81. The zero-order chi connectivity index (χ0) is 18.8. The van der Waals surface area contributed by atoms with Crippen molar-refractivity contribution >= 4 is 0 Å². The van der Waals surface area contributed by atoms with Gasteiger partial charge in [0, 0.05) is 13.1 Å². The molecule has 0 radical (unpaired) electrons. The van der Waals surface area contributed by atoms with Crippen LogP contribution in [0.15, 0.2) is 23.3 Å². The summed E-state index contributed by atoms with van der Waals surface area (Å²) < 4.78 is 6.19.